The number of ether oxygens (including phenoxy) is 2. The number of rotatable bonds is 6. The van der Waals surface area contributed by atoms with Crippen LogP contribution in [0, 0.1) is 6.92 Å². The Morgan fingerprint density at radius 2 is 1.94 bits per heavy atom. The largest absolute Gasteiger partial charge is 0.487 e. The molecule has 0 unspecified atom stereocenters. The molecular weight excluding hydrogens is 420 g/mol. The molecule has 2 saturated heterocycles. The molecule has 1 amide bonds. The third-order valence-corrected chi connectivity index (χ3v) is 6.09. The quantitative estimate of drug-likeness (QED) is 0.573. The smallest absolute Gasteiger partial charge is 0.311 e. The molecule has 2 fully saturated rings. The molecule has 0 spiro atoms. The molecule has 33 heavy (non-hydrogen) atoms. The van der Waals surface area contributed by atoms with Crippen LogP contribution in [-0.2, 0) is 11.3 Å². The van der Waals surface area contributed by atoms with Crippen molar-refractivity contribution in [1.82, 2.24) is 20.0 Å². The summed E-state index contributed by atoms with van der Waals surface area (Å²) in [4.78, 5) is 16.7. The lowest BCUT2D eigenvalue weighted by molar-refractivity contribution is 0.0149. The van der Waals surface area contributed by atoms with E-state index in [9.17, 15) is 4.79 Å². The zero-order valence-corrected chi connectivity index (χ0v) is 18.8. The SMILES string of the molecule is Cc1cc(OC2CN(C(=O)c3nnc(-c4ccccc4)o3)C2)ccc1CN1CCCOCC1. The normalized spacial score (nSPS) is 17.4. The Bertz CT molecular complexity index is 1090. The van der Waals surface area contributed by atoms with E-state index in [0.29, 0.717) is 19.0 Å². The van der Waals surface area contributed by atoms with Crippen molar-refractivity contribution in [2.45, 2.75) is 26.0 Å². The van der Waals surface area contributed by atoms with Crippen LogP contribution in [-0.4, -0.2) is 71.4 Å². The van der Waals surface area contributed by atoms with Crippen molar-refractivity contribution in [2.75, 3.05) is 39.4 Å². The molecule has 2 aliphatic heterocycles. The van der Waals surface area contributed by atoms with Crippen molar-refractivity contribution in [2.24, 2.45) is 0 Å². The van der Waals surface area contributed by atoms with E-state index in [2.05, 4.69) is 34.2 Å². The predicted molar refractivity (Wildman–Crippen MR) is 122 cm³/mol. The van der Waals surface area contributed by atoms with Gasteiger partial charge in [-0.3, -0.25) is 9.69 Å². The number of nitrogens with zero attached hydrogens (tertiary/aromatic N) is 4. The van der Waals surface area contributed by atoms with E-state index < -0.39 is 0 Å². The maximum Gasteiger partial charge on any atom is 0.311 e. The Morgan fingerprint density at radius 1 is 1.09 bits per heavy atom. The summed E-state index contributed by atoms with van der Waals surface area (Å²) in [7, 11) is 0. The van der Waals surface area contributed by atoms with Crippen LogP contribution in [0.2, 0.25) is 0 Å². The van der Waals surface area contributed by atoms with Gasteiger partial charge in [-0.1, -0.05) is 24.3 Å². The number of carbonyl (C=O) groups excluding carboxylic acids is 1. The van der Waals surface area contributed by atoms with Crippen molar-refractivity contribution in [3.8, 4) is 17.2 Å². The van der Waals surface area contributed by atoms with E-state index in [4.69, 9.17) is 13.9 Å². The second-order valence-corrected chi connectivity index (χ2v) is 8.56. The van der Waals surface area contributed by atoms with Crippen molar-refractivity contribution >= 4 is 5.91 Å². The molecular formula is C25H28N4O4. The van der Waals surface area contributed by atoms with E-state index >= 15 is 0 Å². The summed E-state index contributed by atoms with van der Waals surface area (Å²) >= 11 is 0. The van der Waals surface area contributed by atoms with Crippen LogP contribution < -0.4 is 4.74 Å². The number of aromatic nitrogens is 2. The fourth-order valence-corrected chi connectivity index (χ4v) is 4.13. The second-order valence-electron chi connectivity index (χ2n) is 8.56. The summed E-state index contributed by atoms with van der Waals surface area (Å²) in [6.07, 6.45) is 1.03. The lowest BCUT2D eigenvalue weighted by Gasteiger charge is -2.38. The molecule has 0 aliphatic carbocycles. The average Bonchev–Trinajstić information content (AvgIpc) is 3.16. The highest BCUT2D eigenvalue weighted by atomic mass is 16.5. The third kappa shape index (κ3) is 5.07. The van der Waals surface area contributed by atoms with E-state index in [1.54, 1.807) is 4.90 Å². The van der Waals surface area contributed by atoms with E-state index in [-0.39, 0.29) is 17.9 Å². The van der Waals surface area contributed by atoms with Crippen LogP contribution in [0.3, 0.4) is 0 Å². The first-order valence-corrected chi connectivity index (χ1v) is 11.4. The fraction of sp³-hybridized carbons (Fsp3) is 0.400. The van der Waals surface area contributed by atoms with Gasteiger partial charge >= 0.3 is 11.8 Å². The molecule has 172 valence electrons. The van der Waals surface area contributed by atoms with Crippen LogP contribution in [0.5, 0.6) is 5.75 Å². The van der Waals surface area contributed by atoms with E-state index in [0.717, 1.165) is 50.6 Å². The van der Waals surface area contributed by atoms with Gasteiger partial charge in [-0.25, -0.2) is 0 Å². The highest BCUT2D eigenvalue weighted by Gasteiger charge is 2.35. The summed E-state index contributed by atoms with van der Waals surface area (Å²) in [5, 5.41) is 7.91. The monoisotopic (exact) mass is 448 g/mol. The van der Waals surface area contributed by atoms with Gasteiger partial charge in [0.1, 0.15) is 11.9 Å². The minimum absolute atomic E-state index is 0.00594. The van der Waals surface area contributed by atoms with Crippen LogP contribution in [0.25, 0.3) is 11.5 Å². The zero-order chi connectivity index (χ0) is 22.6. The van der Waals surface area contributed by atoms with Gasteiger partial charge in [0.05, 0.1) is 19.7 Å². The summed E-state index contributed by atoms with van der Waals surface area (Å²) in [6, 6.07) is 15.7. The molecule has 2 aliphatic rings. The number of hydrogen-bond acceptors (Lipinski definition) is 7. The fourth-order valence-electron chi connectivity index (χ4n) is 4.13. The summed E-state index contributed by atoms with van der Waals surface area (Å²) in [6.45, 7) is 7.72. The number of likely N-dealkylation sites (tertiary alicyclic amines) is 1. The molecule has 0 radical (unpaired) electrons. The molecule has 3 heterocycles. The Morgan fingerprint density at radius 3 is 2.76 bits per heavy atom. The van der Waals surface area contributed by atoms with Gasteiger partial charge in [0.25, 0.3) is 0 Å². The average molecular weight is 449 g/mol. The lowest BCUT2D eigenvalue weighted by Crippen LogP contribution is -2.56. The number of benzene rings is 2. The minimum Gasteiger partial charge on any atom is -0.487 e. The Hall–Kier alpha value is -3.23. The Kier molecular flexibility index (Phi) is 6.37. The van der Waals surface area contributed by atoms with Gasteiger partial charge in [0, 0.05) is 31.8 Å². The van der Waals surface area contributed by atoms with Crippen molar-refractivity contribution in [3.05, 3.63) is 65.5 Å². The van der Waals surface area contributed by atoms with Gasteiger partial charge in [0.15, 0.2) is 0 Å². The molecule has 0 saturated carbocycles. The van der Waals surface area contributed by atoms with Crippen LogP contribution >= 0.6 is 0 Å². The summed E-state index contributed by atoms with van der Waals surface area (Å²) < 4.78 is 17.2. The number of carbonyl (C=O) groups is 1. The number of amides is 1. The maximum absolute atomic E-state index is 12.6. The van der Waals surface area contributed by atoms with Crippen molar-refractivity contribution in [1.29, 1.82) is 0 Å². The first-order valence-electron chi connectivity index (χ1n) is 11.4. The Balaban J connectivity index is 1.13. The predicted octanol–water partition coefficient (Wildman–Crippen LogP) is 3.17. The number of aryl methyl sites for hydroxylation is 1. The van der Waals surface area contributed by atoms with Gasteiger partial charge in [-0.05, 0) is 48.7 Å². The molecule has 8 heteroatoms. The minimum atomic E-state index is -0.266. The molecule has 3 aromatic rings. The molecule has 8 nitrogen and oxygen atoms in total. The molecule has 2 aromatic carbocycles. The van der Waals surface area contributed by atoms with Crippen molar-refractivity contribution < 1.29 is 18.7 Å². The summed E-state index contributed by atoms with van der Waals surface area (Å²) in [5.74, 6) is 0.913. The first kappa shape index (κ1) is 21.6. The first-order chi connectivity index (χ1) is 16.2. The third-order valence-electron chi connectivity index (χ3n) is 6.09. The standard InChI is InChI=1S/C25H28N4O4/c1-18-14-21(9-8-20(18)15-28-10-5-12-31-13-11-28)32-22-16-29(17-22)25(30)24-27-26-23(33-24)19-6-3-2-4-7-19/h2-4,6-9,14,22H,5,10-13,15-17H2,1H3. The number of hydrogen-bond donors (Lipinski definition) is 0. The molecule has 1 aromatic heterocycles. The highest BCUT2D eigenvalue weighted by molar-refractivity contribution is 5.90. The Labute approximate surface area is 193 Å². The van der Waals surface area contributed by atoms with Crippen molar-refractivity contribution in [3.63, 3.8) is 0 Å². The second kappa shape index (κ2) is 9.72. The maximum atomic E-state index is 12.6. The highest BCUT2D eigenvalue weighted by Crippen LogP contribution is 2.24. The lowest BCUT2D eigenvalue weighted by atomic mass is 10.1. The van der Waals surface area contributed by atoms with Crippen LogP contribution in [0.1, 0.15) is 28.2 Å². The van der Waals surface area contributed by atoms with Gasteiger partial charge in [-0.15, -0.1) is 10.2 Å². The molecule has 0 atom stereocenters. The molecule has 5 rings (SSSR count). The van der Waals surface area contributed by atoms with Crippen LogP contribution in [0.4, 0.5) is 0 Å². The van der Waals surface area contributed by atoms with Gasteiger partial charge in [-0.2, -0.15) is 0 Å². The zero-order valence-electron chi connectivity index (χ0n) is 18.8. The molecule has 0 bridgehead atoms. The summed E-state index contributed by atoms with van der Waals surface area (Å²) in [5.41, 5.74) is 3.31. The van der Waals surface area contributed by atoms with Crippen LogP contribution in [0.15, 0.2) is 52.9 Å². The molecule has 0 N–H and O–H groups in total. The van der Waals surface area contributed by atoms with Gasteiger partial charge < -0.3 is 18.8 Å². The van der Waals surface area contributed by atoms with E-state index in [1.807, 2.05) is 36.4 Å². The van der Waals surface area contributed by atoms with Gasteiger partial charge in [0.2, 0.25) is 5.89 Å². The van der Waals surface area contributed by atoms with E-state index in [1.165, 1.54) is 11.1 Å². The topological polar surface area (TPSA) is 80.9 Å².